The Morgan fingerprint density at radius 3 is 2.40 bits per heavy atom. The van der Waals surface area contributed by atoms with Gasteiger partial charge in [0, 0.05) is 47.6 Å². The number of aromatic nitrogens is 2. The van der Waals surface area contributed by atoms with E-state index < -0.39 is 20.7 Å². The number of rotatable bonds is 9. The third-order valence-electron chi connectivity index (χ3n) is 12.2. The van der Waals surface area contributed by atoms with Crippen LogP contribution in [0.3, 0.4) is 0 Å². The van der Waals surface area contributed by atoms with E-state index in [1.54, 1.807) is 30.4 Å². The van der Waals surface area contributed by atoms with Gasteiger partial charge in [0.2, 0.25) is 10.0 Å². The van der Waals surface area contributed by atoms with Crippen LogP contribution >= 0.6 is 11.3 Å². The molecule has 4 aliphatic carbocycles. The van der Waals surface area contributed by atoms with E-state index in [0.29, 0.717) is 53.8 Å². The smallest absolute Gasteiger partial charge is 0.264 e. The third-order valence-corrected chi connectivity index (χ3v) is 15.4. The van der Waals surface area contributed by atoms with E-state index in [1.165, 1.54) is 75.5 Å². The molecule has 2 unspecified atom stereocenters. The second kappa shape index (κ2) is 10.2. The molecule has 1 spiro atoms. The highest BCUT2D eigenvalue weighted by atomic mass is 32.2. The molecule has 6 aliphatic rings. The number of hydrogen-bond acceptors (Lipinski definition) is 9. The molecular formula is C34H43N5O4S2. The van der Waals surface area contributed by atoms with Crippen LogP contribution in [-0.2, 0) is 16.6 Å². The molecule has 2 saturated heterocycles. The fraction of sp³-hybridized carbons (Fsp3) is 0.676. The van der Waals surface area contributed by atoms with Crippen LogP contribution in [0.4, 0.5) is 5.13 Å². The fourth-order valence-corrected chi connectivity index (χ4v) is 10.9. The van der Waals surface area contributed by atoms with Crippen molar-refractivity contribution in [3.8, 4) is 0 Å². The van der Waals surface area contributed by atoms with Gasteiger partial charge >= 0.3 is 0 Å². The van der Waals surface area contributed by atoms with E-state index in [4.69, 9.17) is 14.7 Å². The molecule has 9 nitrogen and oxygen atoms in total. The molecule has 4 saturated carbocycles. The first-order chi connectivity index (χ1) is 21.7. The number of amides is 1. The van der Waals surface area contributed by atoms with E-state index in [2.05, 4.69) is 14.9 Å². The maximum Gasteiger partial charge on any atom is 0.264 e. The average molecular weight is 650 g/mol. The number of fused-ring (bicyclic) bond motifs is 3. The van der Waals surface area contributed by atoms with E-state index in [1.807, 2.05) is 6.07 Å². The lowest BCUT2D eigenvalue weighted by Crippen LogP contribution is -2.49. The maximum absolute atomic E-state index is 12.9. The topological polar surface area (TPSA) is 117 Å². The van der Waals surface area contributed by atoms with Crippen molar-refractivity contribution in [2.75, 3.05) is 4.90 Å². The van der Waals surface area contributed by atoms with Gasteiger partial charge in [-0.05, 0) is 120 Å². The molecule has 2 atom stereocenters. The molecule has 1 aromatic carbocycles. The Morgan fingerprint density at radius 1 is 1.00 bits per heavy atom. The number of nitrogens with one attached hydrogen (secondary N) is 2. The van der Waals surface area contributed by atoms with Crippen LogP contribution in [0, 0.1) is 5.41 Å². The van der Waals surface area contributed by atoms with Gasteiger partial charge in [0.25, 0.3) is 5.91 Å². The van der Waals surface area contributed by atoms with Crippen LogP contribution in [0.15, 0.2) is 22.7 Å². The molecule has 45 heavy (non-hydrogen) atoms. The van der Waals surface area contributed by atoms with Crippen LogP contribution in [0.5, 0.6) is 0 Å². The standard InChI is InChI=1S/C34H43N5O4S2/c1-33(12-13-33)45(41,42)38-31(40)22-4-7-27-28(16-22)44-32(36-27)39-24-5-6-25(39)18-23(17-24)35-19-26-29(37-43-30(26)21-2-3-21)20-8-10-34(11-9-20)14-15-34/h4,7,16,20-21,23-25,35H,2-3,5-6,8-15,17-19H2,1H3,(H,38,40). The summed E-state index contributed by atoms with van der Waals surface area (Å²) in [6.07, 6.45) is 16.2. The number of carbonyl (C=O) groups excluding carboxylic acids is 1. The first-order valence-corrected chi connectivity index (χ1v) is 19.5. The van der Waals surface area contributed by atoms with Crippen molar-refractivity contribution in [3.05, 3.63) is 40.8 Å². The van der Waals surface area contributed by atoms with Crippen molar-refractivity contribution in [2.24, 2.45) is 5.41 Å². The Balaban J connectivity index is 0.875. The molecule has 1 amide bonds. The van der Waals surface area contributed by atoms with Crippen molar-refractivity contribution in [1.29, 1.82) is 0 Å². The summed E-state index contributed by atoms with van der Waals surface area (Å²) in [6, 6.07) is 6.64. The van der Waals surface area contributed by atoms with Crippen molar-refractivity contribution < 1.29 is 17.7 Å². The lowest BCUT2D eigenvalue weighted by atomic mass is 9.77. The lowest BCUT2D eigenvalue weighted by Gasteiger charge is -2.39. The second-order valence-electron chi connectivity index (χ2n) is 15.4. The molecule has 2 aliphatic heterocycles. The van der Waals surface area contributed by atoms with Gasteiger partial charge in [-0.1, -0.05) is 16.5 Å². The Hall–Kier alpha value is -2.50. The van der Waals surface area contributed by atoms with Gasteiger partial charge in [0.15, 0.2) is 5.13 Å². The zero-order valence-electron chi connectivity index (χ0n) is 26.0. The van der Waals surface area contributed by atoms with Crippen LogP contribution in [0.1, 0.15) is 136 Å². The Bertz CT molecular complexity index is 1750. The van der Waals surface area contributed by atoms with Gasteiger partial charge in [-0.3, -0.25) is 4.79 Å². The average Bonchev–Trinajstić information content (AvgIpc) is 3.99. The number of sulfonamides is 1. The summed E-state index contributed by atoms with van der Waals surface area (Å²) in [6.45, 7) is 2.54. The number of carbonyl (C=O) groups is 1. The maximum atomic E-state index is 12.9. The molecule has 2 bridgehead atoms. The van der Waals surface area contributed by atoms with Crippen molar-refractivity contribution in [3.63, 3.8) is 0 Å². The minimum absolute atomic E-state index is 0.357. The first kappa shape index (κ1) is 28.7. The van der Waals surface area contributed by atoms with Gasteiger partial charge < -0.3 is 14.7 Å². The van der Waals surface area contributed by atoms with Crippen LogP contribution in [0.25, 0.3) is 10.2 Å². The van der Waals surface area contributed by atoms with Crippen molar-refractivity contribution >= 4 is 42.6 Å². The van der Waals surface area contributed by atoms with Gasteiger partial charge in [-0.15, -0.1) is 0 Å². The molecule has 240 valence electrons. The van der Waals surface area contributed by atoms with Gasteiger partial charge in [-0.25, -0.2) is 18.1 Å². The van der Waals surface area contributed by atoms with Crippen molar-refractivity contribution in [1.82, 2.24) is 20.2 Å². The quantitative estimate of drug-likeness (QED) is 0.270. The Kier molecular flexibility index (Phi) is 6.54. The predicted octanol–water partition coefficient (Wildman–Crippen LogP) is 6.50. The number of nitrogens with zero attached hydrogens (tertiary/aromatic N) is 3. The van der Waals surface area contributed by atoms with E-state index >= 15 is 0 Å². The van der Waals surface area contributed by atoms with Gasteiger partial charge in [0.1, 0.15) is 5.76 Å². The lowest BCUT2D eigenvalue weighted by molar-refractivity contribution is 0.0981. The van der Waals surface area contributed by atoms with Crippen LogP contribution in [0.2, 0.25) is 0 Å². The fourth-order valence-electron chi connectivity index (χ4n) is 8.50. The summed E-state index contributed by atoms with van der Waals surface area (Å²) < 4.78 is 33.6. The van der Waals surface area contributed by atoms with E-state index in [-0.39, 0.29) is 0 Å². The predicted molar refractivity (Wildman–Crippen MR) is 174 cm³/mol. The van der Waals surface area contributed by atoms with Gasteiger partial charge in [-0.2, -0.15) is 0 Å². The molecule has 0 radical (unpaired) electrons. The molecule has 3 aromatic rings. The summed E-state index contributed by atoms with van der Waals surface area (Å²) in [5.74, 6) is 1.71. The SMILES string of the molecule is CC1(S(=O)(=O)NC(=O)c2ccc3nc(N4C5CCC4CC(NCc4c(C6CCC7(CC6)CC7)noc4C4CC4)C5)sc3c2)CC1. The largest absolute Gasteiger partial charge is 0.360 e. The molecule has 4 heterocycles. The molecule has 6 fully saturated rings. The minimum atomic E-state index is -3.68. The Labute approximate surface area is 269 Å². The van der Waals surface area contributed by atoms with E-state index in [0.717, 1.165) is 40.5 Å². The number of anilines is 1. The van der Waals surface area contributed by atoms with Crippen molar-refractivity contribution in [2.45, 2.75) is 138 Å². The number of piperidine rings is 1. The monoisotopic (exact) mass is 649 g/mol. The number of hydrogen-bond donors (Lipinski definition) is 2. The highest BCUT2D eigenvalue weighted by Gasteiger charge is 2.51. The summed E-state index contributed by atoms with van der Waals surface area (Å²) in [5.41, 5.74) is 4.51. The summed E-state index contributed by atoms with van der Waals surface area (Å²) in [7, 11) is -3.68. The normalized spacial score (nSPS) is 28.6. The second-order valence-corrected chi connectivity index (χ2v) is 18.6. The zero-order chi connectivity index (χ0) is 30.6. The Morgan fingerprint density at radius 2 is 1.73 bits per heavy atom. The molecule has 9 rings (SSSR count). The summed E-state index contributed by atoms with van der Waals surface area (Å²) in [5, 5.41) is 9.69. The van der Waals surface area contributed by atoms with Crippen LogP contribution < -0.4 is 14.9 Å². The molecular weight excluding hydrogens is 607 g/mol. The van der Waals surface area contributed by atoms with Gasteiger partial charge in [0.05, 0.1) is 20.7 Å². The number of benzene rings is 1. The highest BCUT2D eigenvalue weighted by molar-refractivity contribution is 7.91. The van der Waals surface area contributed by atoms with Crippen LogP contribution in [-0.4, -0.2) is 47.3 Å². The minimum Gasteiger partial charge on any atom is -0.360 e. The first-order valence-electron chi connectivity index (χ1n) is 17.2. The number of thiazole rings is 1. The summed E-state index contributed by atoms with van der Waals surface area (Å²) >= 11 is 1.61. The highest BCUT2D eigenvalue weighted by Crippen LogP contribution is 2.59. The zero-order valence-corrected chi connectivity index (χ0v) is 27.6. The summed E-state index contributed by atoms with van der Waals surface area (Å²) in [4.78, 5) is 20.4. The van der Waals surface area contributed by atoms with E-state index in [9.17, 15) is 13.2 Å². The molecule has 2 aromatic heterocycles. The molecule has 2 N–H and O–H groups in total. The molecule has 11 heteroatoms. The third kappa shape index (κ3) is 5.12.